The van der Waals surface area contributed by atoms with Crippen LogP contribution in [0.15, 0.2) is 18.2 Å². The highest BCUT2D eigenvalue weighted by atomic mass is 19.1. The fourth-order valence-corrected chi connectivity index (χ4v) is 2.45. The quantitative estimate of drug-likeness (QED) is 0.598. The number of morpholine rings is 1. The standard InChI is InChI=1S/C17H23FN4O4/c1-10(2)8-20-15(16(19)24)17(25)21-13-4-3-11(7-12(13)18)22-5-6-26-9-14(22)23/h3-4,7,10,15,20H,5-6,8-9H2,1-2H3,(H2,19,24)(H,21,25)/t15-/m0/s1. The van der Waals surface area contributed by atoms with Crippen molar-refractivity contribution in [2.75, 3.05) is 36.5 Å². The Morgan fingerprint density at radius 3 is 2.69 bits per heavy atom. The Morgan fingerprint density at radius 1 is 1.38 bits per heavy atom. The van der Waals surface area contributed by atoms with Gasteiger partial charge in [0, 0.05) is 12.2 Å². The summed E-state index contributed by atoms with van der Waals surface area (Å²) in [6, 6.07) is 2.74. The lowest BCUT2D eigenvalue weighted by Gasteiger charge is -2.27. The number of ether oxygens (including phenoxy) is 1. The van der Waals surface area contributed by atoms with Crippen molar-refractivity contribution in [1.29, 1.82) is 0 Å². The summed E-state index contributed by atoms with van der Waals surface area (Å²) in [7, 11) is 0. The summed E-state index contributed by atoms with van der Waals surface area (Å²) in [6.45, 7) is 4.87. The minimum absolute atomic E-state index is 0.0537. The van der Waals surface area contributed by atoms with E-state index in [-0.39, 0.29) is 24.1 Å². The van der Waals surface area contributed by atoms with Gasteiger partial charge in [0.2, 0.25) is 5.91 Å². The van der Waals surface area contributed by atoms with Crippen molar-refractivity contribution in [3.63, 3.8) is 0 Å². The minimum Gasteiger partial charge on any atom is -0.370 e. The molecule has 1 aromatic rings. The van der Waals surface area contributed by atoms with Gasteiger partial charge in [-0.05, 0) is 30.7 Å². The largest absolute Gasteiger partial charge is 0.370 e. The SMILES string of the molecule is CC(C)CN[C@@H](C(N)=O)C(=O)Nc1ccc(N2CCOCC2=O)cc1F. The maximum atomic E-state index is 14.4. The number of carbonyl (C=O) groups is 3. The van der Waals surface area contributed by atoms with Crippen LogP contribution in [-0.4, -0.2) is 50.1 Å². The first-order valence-electron chi connectivity index (χ1n) is 8.30. The van der Waals surface area contributed by atoms with Gasteiger partial charge >= 0.3 is 0 Å². The molecule has 0 bridgehead atoms. The number of rotatable bonds is 7. The first-order chi connectivity index (χ1) is 12.3. The molecular weight excluding hydrogens is 343 g/mol. The number of primary amides is 1. The second-order valence-electron chi connectivity index (χ2n) is 6.39. The summed E-state index contributed by atoms with van der Waals surface area (Å²) in [4.78, 5) is 36.9. The van der Waals surface area contributed by atoms with Crippen molar-refractivity contribution in [1.82, 2.24) is 5.32 Å². The van der Waals surface area contributed by atoms with Crippen molar-refractivity contribution in [2.24, 2.45) is 11.7 Å². The summed E-state index contributed by atoms with van der Waals surface area (Å²) >= 11 is 0. The number of amides is 3. The lowest BCUT2D eigenvalue weighted by Crippen LogP contribution is -2.50. The van der Waals surface area contributed by atoms with Crippen LogP contribution in [0.5, 0.6) is 0 Å². The van der Waals surface area contributed by atoms with E-state index in [1.54, 1.807) is 0 Å². The summed E-state index contributed by atoms with van der Waals surface area (Å²) in [5.74, 6) is -2.38. The molecule has 1 saturated heterocycles. The zero-order valence-electron chi connectivity index (χ0n) is 14.8. The topological polar surface area (TPSA) is 114 Å². The van der Waals surface area contributed by atoms with Gasteiger partial charge in [-0.2, -0.15) is 0 Å². The van der Waals surface area contributed by atoms with Crippen molar-refractivity contribution >= 4 is 29.1 Å². The molecule has 4 N–H and O–H groups in total. The zero-order chi connectivity index (χ0) is 19.3. The number of nitrogens with one attached hydrogen (secondary N) is 2. The fraction of sp³-hybridized carbons (Fsp3) is 0.471. The van der Waals surface area contributed by atoms with Gasteiger partial charge < -0.3 is 20.7 Å². The van der Waals surface area contributed by atoms with E-state index in [0.29, 0.717) is 25.4 Å². The van der Waals surface area contributed by atoms with E-state index in [4.69, 9.17) is 10.5 Å². The van der Waals surface area contributed by atoms with E-state index >= 15 is 0 Å². The normalized spacial score (nSPS) is 15.8. The van der Waals surface area contributed by atoms with Crippen molar-refractivity contribution < 1.29 is 23.5 Å². The summed E-state index contributed by atoms with van der Waals surface area (Å²) in [5, 5.41) is 5.10. The number of halogens is 1. The number of anilines is 2. The molecule has 2 rings (SSSR count). The second kappa shape index (κ2) is 8.72. The molecule has 8 nitrogen and oxygen atoms in total. The Morgan fingerprint density at radius 2 is 2.12 bits per heavy atom. The molecule has 0 aliphatic carbocycles. The predicted octanol–water partition coefficient (Wildman–Crippen LogP) is 0.227. The van der Waals surface area contributed by atoms with E-state index < -0.39 is 23.7 Å². The maximum absolute atomic E-state index is 14.4. The number of nitrogens with two attached hydrogens (primary N) is 1. The fourth-order valence-electron chi connectivity index (χ4n) is 2.45. The molecule has 3 amide bonds. The maximum Gasteiger partial charge on any atom is 0.253 e. The highest BCUT2D eigenvalue weighted by Crippen LogP contribution is 2.23. The van der Waals surface area contributed by atoms with Gasteiger partial charge in [0.1, 0.15) is 12.4 Å². The molecule has 1 heterocycles. The first-order valence-corrected chi connectivity index (χ1v) is 8.30. The predicted molar refractivity (Wildman–Crippen MR) is 94.0 cm³/mol. The van der Waals surface area contributed by atoms with Crippen LogP contribution in [0.3, 0.4) is 0 Å². The lowest BCUT2D eigenvalue weighted by atomic mass is 10.1. The molecule has 0 radical (unpaired) electrons. The Balaban J connectivity index is 2.09. The van der Waals surface area contributed by atoms with E-state index in [2.05, 4.69) is 10.6 Å². The molecule has 1 atom stereocenters. The van der Waals surface area contributed by atoms with E-state index in [9.17, 15) is 18.8 Å². The van der Waals surface area contributed by atoms with Gasteiger partial charge in [-0.3, -0.25) is 19.7 Å². The van der Waals surface area contributed by atoms with Crippen molar-refractivity contribution in [2.45, 2.75) is 19.9 Å². The molecule has 1 aromatic carbocycles. The Bertz CT molecular complexity index is 695. The number of benzene rings is 1. The smallest absolute Gasteiger partial charge is 0.253 e. The third-order valence-electron chi connectivity index (χ3n) is 3.78. The molecule has 26 heavy (non-hydrogen) atoms. The summed E-state index contributed by atoms with van der Waals surface area (Å²) in [6.07, 6.45) is 0. The highest BCUT2D eigenvalue weighted by Gasteiger charge is 2.26. The average molecular weight is 366 g/mol. The van der Waals surface area contributed by atoms with Crippen LogP contribution >= 0.6 is 0 Å². The molecule has 0 spiro atoms. The molecule has 0 unspecified atom stereocenters. The molecule has 9 heteroatoms. The first kappa shape index (κ1) is 19.8. The van der Waals surface area contributed by atoms with Crippen LogP contribution in [0.2, 0.25) is 0 Å². The molecule has 142 valence electrons. The second-order valence-corrected chi connectivity index (χ2v) is 6.39. The number of nitrogens with zero attached hydrogens (tertiary/aromatic N) is 1. The average Bonchev–Trinajstić information content (AvgIpc) is 2.56. The number of hydrogen-bond donors (Lipinski definition) is 3. The van der Waals surface area contributed by atoms with Crippen LogP contribution in [0.4, 0.5) is 15.8 Å². The van der Waals surface area contributed by atoms with Crippen LogP contribution in [0, 0.1) is 11.7 Å². The molecular formula is C17H23FN4O4. The number of carbonyl (C=O) groups excluding carboxylic acids is 3. The van der Waals surface area contributed by atoms with Crippen LogP contribution < -0.4 is 21.3 Å². The van der Waals surface area contributed by atoms with Gasteiger partial charge in [0.15, 0.2) is 6.04 Å². The van der Waals surface area contributed by atoms with Gasteiger partial charge in [0.05, 0.1) is 12.3 Å². The Hall–Kier alpha value is -2.52. The van der Waals surface area contributed by atoms with Gasteiger partial charge in [-0.1, -0.05) is 13.8 Å². The zero-order valence-corrected chi connectivity index (χ0v) is 14.8. The Kier molecular flexibility index (Phi) is 6.64. The number of hydrogen-bond acceptors (Lipinski definition) is 5. The van der Waals surface area contributed by atoms with Crippen molar-refractivity contribution in [3.05, 3.63) is 24.0 Å². The summed E-state index contributed by atoms with van der Waals surface area (Å²) < 4.78 is 19.4. The van der Waals surface area contributed by atoms with E-state index in [0.717, 1.165) is 6.07 Å². The molecule has 1 fully saturated rings. The molecule has 0 saturated carbocycles. The van der Waals surface area contributed by atoms with E-state index in [1.807, 2.05) is 13.8 Å². The van der Waals surface area contributed by atoms with Gasteiger partial charge in [0.25, 0.3) is 11.8 Å². The molecule has 1 aliphatic heterocycles. The lowest BCUT2D eigenvalue weighted by molar-refractivity contribution is -0.128. The third-order valence-corrected chi connectivity index (χ3v) is 3.78. The Labute approximate surface area is 150 Å². The van der Waals surface area contributed by atoms with E-state index in [1.165, 1.54) is 17.0 Å². The van der Waals surface area contributed by atoms with Crippen molar-refractivity contribution in [3.8, 4) is 0 Å². The molecule has 0 aromatic heterocycles. The van der Waals surface area contributed by atoms with Crippen LogP contribution in [-0.2, 0) is 19.1 Å². The van der Waals surface area contributed by atoms with Crippen LogP contribution in [0.1, 0.15) is 13.8 Å². The highest BCUT2D eigenvalue weighted by molar-refractivity contribution is 6.09. The third kappa shape index (κ3) is 4.99. The molecule has 1 aliphatic rings. The van der Waals surface area contributed by atoms with Gasteiger partial charge in [-0.15, -0.1) is 0 Å². The van der Waals surface area contributed by atoms with Gasteiger partial charge in [-0.25, -0.2) is 4.39 Å². The monoisotopic (exact) mass is 366 g/mol. The summed E-state index contributed by atoms with van der Waals surface area (Å²) in [5.41, 5.74) is 5.51. The minimum atomic E-state index is -1.27. The van der Waals surface area contributed by atoms with Crippen LogP contribution in [0.25, 0.3) is 0 Å².